The number of benzene rings is 2. The van der Waals surface area contributed by atoms with Gasteiger partial charge in [0.1, 0.15) is 10.8 Å². The van der Waals surface area contributed by atoms with Crippen molar-refractivity contribution in [3.8, 4) is 5.75 Å². The van der Waals surface area contributed by atoms with Crippen LogP contribution in [0, 0.1) is 0 Å². The van der Waals surface area contributed by atoms with Crippen molar-refractivity contribution in [3.05, 3.63) is 68.1 Å². The summed E-state index contributed by atoms with van der Waals surface area (Å²) in [5.41, 5.74) is 1.79. The topological polar surface area (TPSA) is 93.2 Å². The summed E-state index contributed by atoms with van der Waals surface area (Å²) in [6, 6.07) is 12.3. The first-order valence-electron chi connectivity index (χ1n) is 8.84. The molecule has 9 heteroatoms. The zero-order chi connectivity index (χ0) is 20.8. The average Bonchev–Trinajstić information content (AvgIpc) is 3.22. The molecule has 0 unspecified atom stereocenters. The fourth-order valence-electron chi connectivity index (χ4n) is 2.57. The largest absolute Gasteiger partial charge is 0.496 e. The van der Waals surface area contributed by atoms with Gasteiger partial charge < -0.3 is 15.4 Å². The average molecular weight is 475 g/mol. The lowest BCUT2D eigenvalue weighted by atomic mass is 10.1. The minimum Gasteiger partial charge on any atom is -0.496 e. The minimum absolute atomic E-state index is 0.257. The fraction of sp³-hybridized carbons (Fsp3) is 0.200. The number of methoxy groups -OCH3 is 1. The van der Waals surface area contributed by atoms with Crippen molar-refractivity contribution in [3.63, 3.8) is 0 Å². The number of rotatable bonds is 7. The Morgan fingerprint density at radius 3 is 2.69 bits per heavy atom. The van der Waals surface area contributed by atoms with Crippen molar-refractivity contribution >= 4 is 44.8 Å². The molecule has 0 radical (unpaired) electrons. The van der Waals surface area contributed by atoms with Crippen molar-refractivity contribution in [1.29, 1.82) is 0 Å². The molecule has 0 bridgehead atoms. The Bertz CT molecular complexity index is 1040. The SMILES string of the molecule is CCc1nnc(C(=O)Nc2cccc(C(=O)NCc3cc(Br)ccc3OC)c2)s1. The molecular formula is C20H19BrN4O3S. The molecule has 0 aliphatic carbocycles. The molecule has 2 aromatic carbocycles. The molecule has 29 heavy (non-hydrogen) atoms. The van der Waals surface area contributed by atoms with E-state index in [1.165, 1.54) is 11.3 Å². The van der Waals surface area contributed by atoms with Crippen LogP contribution in [0.3, 0.4) is 0 Å². The number of anilines is 1. The molecule has 150 valence electrons. The molecule has 0 spiro atoms. The molecule has 7 nitrogen and oxygen atoms in total. The third-order valence-electron chi connectivity index (χ3n) is 4.03. The van der Waals surface area contributed by atoms with E-state index in [1.54, 1.807) is 31.4 Å². The molecule has 0 saturated heterocycles. The highest BCUT2D eigenvalue weighted by Crippen LogP contribution is 2.23. The van der Waals surface area contributed by atoms with Crippen LogP contribution in [0.5, 0.6) is 5.75 Å². The highest BCUT2D eigenvalue weighted by Gasteiger charge is 2.14. The summed E-state index contributed by atoms with van der Waals surface area (Å²) in [7, 11) is 1.59. The maximum Gasteiger partial charge on any atom is 0.286 e. The number of amides is 2. The van der Waals surface area contributed by atoms with Crippen LogP contribution in [0.2, 0.25) is 0 Å². The molecule has 2 N–H and O–H groups in total. The van der Waals surface area contributed by atoms with Crippen molar-refractivity contribution in [2.45, 2.75) is 19.9 Å². The monoisotopic (exact) mass is 474 g/mol. The number of halogens is 1. The van der Waals surface area contributed by atoms with Gasteiger partial charge in [-0.1, -0.05) is 40.3 Å². The fourth-order valence-corrected chi connectivity index (χ4v) is 3.66. The van der Waals surface area contributed by atoms with Crippen LogP contribution < -0.4 is 15.4 Å². The minimum atomic E-state index is -0.348. The molecule has 3 aromatic rings. The number of aryl methyl sites for hydroxylation is 1. The van der Waals surface area contributed by atoms with Gasteiger partial charge in [0.15, 0.2) is 0 Å². The maximum atomic E-state index is 12.6. The first kappa shape index (κ1) is 20.9. The van der Waals surface area contributed by atoms with Gasteiger partial charge in [0.05, 0.1) is 7.11 Å². The lowest BCUT2D eigenvalue weighted by Gasteiger charge is -2.11. The van der Waals surface area contributed by atoms with E-state index in [0.29, 0.717) is 28.6 Å². The molecule has 0 aliphatic heterocycles. The zero-order valence-corrected chi connectivity index (χ0v) is 18.3. The van der Waals surface area contributed by atoms with Gasteiger partial charge in [-0.25, -0.2) is 0 Å². The summed E-state index contributed by atoms with van der Waals surface area (Å²) >= 11 is 4.67. The van der Waals surface area contributed by atoms with Gasteiger partial charge in [0.25, 0.3) is 11.8 Å². The van der Waals surface area contributed by atoms with Gasteiger partial charge >= 0.3 is 0 Å². The highest BCUT2D eigenvalue weighted by molar-refractivity contribution is 9.10. The quantitative estimate of drug-likeness (QED) is 0.538. The summed E-state index contributed by atoms with van der Waals surface area (Å²) in [6.45, 7) is 2.26. The maximum absolute atomic E-state index is 12.6. The van der Waals surface area contributed by atoms with Crippen molar-refractivity contribution in [1.82, 2.24) is 15.5 Å². The molecule has 0 saturated carbocycles. The molecule has 2 amide bonds. The lowest BCUT2D eigenvalue weighted by Crippen LogP contribution is -2.23. The van der Waals surface area contributed by atoms with Crippen molar-refractivity contribution < 1.29 is 14.3 Å². The first-order valence-corrected chi connectivity index (χ1v) is 10.5. The number of aromatic nitrogens is 2. The third kappa shape index (κ3) is 5.39. The van der Waals surface area contributed by atoms with Gasteiger partial charge in [-0.05, 0) is 42.8 Å². The van der Waals surface area contributed by atoms with Crippen LogP contribution in [0.4, 0.5) is 5.69 Å². The van der Waals surface area contributed by atoms with E-state index < -0.39 is 0 Å². The second kappa shape index (κ2) is 9.62. The Balaban J connectivity index is 1.66. The van der Waals surface area contributed by atoms with E-state index in [9.17, 15) is 9.59 Å². The zero-order valence-electron chi connectivity index (χ0n) is 15.9. The molecular weight excluding hydrogens is 456 g/mol. The molecule has 0 aliphatic rings. The van der Waals surface area contributed by atoms with Crippen LogP contribution >= 0.6 is 27.3 Å². The normalized spacial score (nSPS) is 10.4. The lowest BCUT2D eigenvalue weighted by molar-refractivity contribution is 0.0949. The van der Waals surface area contributed by atoms with Gasteiger partial charge in [-0.15, -0.1) is 10.2 Å². The smallest absolute Gasteiger partial charge is 0.286 e. The van der Waals surface area contributed by atoms with Gasteiger partial charge in [0, 0.05) is 27.8 Å². The number of carbonyl (C=O) groups is 2. The van der Waals surface area contributed by atoms with Crippen LogP contribution in [0.1, 0.15) is 37.7 Å². The predicted octanol–water partition coefficient (Wildman–Crippen LogP) is 4.05. The second-order valence-corrected chi connectivity index (χ2v) is 8.01. The summed E-state index contributed by atoms with van der Waals surface area (Å²) in [4.78, 5) is 24.9. The Labute approximate surface area is 180 Å². The predicted molar refractivity (Wildman–Crippen MR) is 116 cm³/mol. The first-order chi connectivity index (χ1) is 14.0. The molecule has 0 atom stereocenters. The molecule has 1 heterocycles. The Morgan fingerprint density at radius 1 is 1.14 bits per heavy atom. The number of hydrogen-bond acceptors (Lipinski definition) is 6. The summed E-state index contributed by atoms with van der Waals surface area (Å²) in [5.74, 6) is 0.0870. The van der Waals surface area contributed by atoms with Crippen LogP contribution in [-0.4, -0.2) is 29.1 Å². The van der Waals surface area contributed by atoms with E-state index in [4.69, 9.17) is 4.74 Å². The number of hydrogen-bond donors (Lipinski definition) is 2. The van der Waals surface area contributed by atoms with E-state index in [-0.39, 0.29) is 11.8 Å². The summed E-state index contributed by atoms with van der Waals surface area (Å²) < 4.78 is 6.22. The Hall–Kier alpha value is -2.78. The van der Waals surface area contributed by atoms with Crippen molar-refractivity contribution in [2.75, 3.05) is 12.4 Å². The van der Waals surface area contributed by atoms with Crippen LogP contribution in [0.15, 0.2) is 46.9 Å². The van der Waals surface area contributed by atoms with Crippen molar-refractivity contribution in [2.24, 2.45) is 0 Å². The molecule has 1 aromatic heterocycles. The number of ether oxygens (including phenoxy) is 1. The van der Waals surface area contributed by atoms with Crippen LogP contribution in [0.25, 0.3) is 0 Å². The summed E-state index contributed by atoms with van der Waals surface area (Å²) in [6.07, 6.45) is 0.726. The van der Waals surface area contributed by atoms with Crippen LogP contribution in [-0.2, 0) is 13.0 Å². The standard InChI is InChI=1S/C20H19BrN4O3S/c1-3-17-24-25-20(29-17)19(27)23-15-6-4-5-12(10-15)18(26)22-11-13-9-14(21)7-8-16(13)28-2/h4-10H,3,11H2,1-2H3,(H,22,26)(H,23,27). The Kier molecular flexibility index (Phi) is 6.95. The van der Waals surface area contributed by atoms with E-state index in [1.807, 2.05) is 25.1 Å². The van der Waals surface area contributed by atoms with E-state index in [0.717, 1.165) is 21.5 Å². The van der Waals surface area contributed by atoms with E-state index in [2.05, 4.69) is 36.8 Å². The van der Waals surface area contributed by atoms with E-state index >= 15 is 0 Å². The molecule has 3 rings (SSSR count). The second-order valence-electron chi connectivity index (χ2n) is 6.03. The number of nitrogens with one attached hydrogen (secondary N) is 2. The third-order valence-corrected chi connectivity index (χ3v) is 5.59. The molecule has 0 fully saturated rings. The summed E-state index contributed by atoms with van der Waals surface area (Å²) in [5, 5.41) is 14.5. The number of carbonyl (C=O) groups excluding carboxylic acids is 2. The number of nitrogens with zero attached hydrogens (tertiary/aromatic N) is 2. The van der Waals surface area contributed by atoms with Gasteiger partial charge in [-0.2, -0.15) is 0 Å². The Morgan fingerprint density at radius 2 is 1.97 bits per heavy atom. The van der Waals surface area contributed by atoms with Gasteiger partial charge in [0.2, 0.25) is 5.01 Å². The highest BCUT2D eigenvalue weighted by atomic mass is 79.9. The van der Waals surface area contributed by atoms with Gasteiger partial charge in [-0.3, -0.25) is 9.59 Å².